The van der Waals surface area contributed by atoms with Crippen LogP contribution in [0.15, 0.2) is 97.1 Å². The van der Waals surface area contributed by atoms with Crippen LogP contribution in [0.2, 0.25) is 0 Å². The van der Waals surface area contributed by atoms with Crippen LogP contribution >= 0.6 is 0 Å². The number of aromatic hydroxyl groups is 1. The topological polar surface area (TPSA) is 24.8 Å². The fourth-order valence-corrected chi connectivity index (χ4v) is 4.39. The molecule has 2 nitrogen and oxygen atoms in total. The molecule has 0 bridgehead atoms. The minimum Gasteiger partial charge on any atom is -0.581 e. The van der Waals surface area contributed by atoms with Crippen LogP contribution in [0.3, 0.4) is 0 Å². The molecule has 0 aliphatic heterocycles. The third kappa shape index (κ3) is 4.86. The normalized spacial score (nSPS) is 13.8. The Balaban J connectivity index is 1.22. The molecule has 1 fully saturated rings. The molecule has 4 aromatic rings. The van der Waals surface area contributed by atoms with Gasteiger partial charge in [0.15, 0.2) is 6.10 Å². The van der Waals surface area contributed by atoms with Crippen LogP contribution < -0.4 is 5.32 Å². The zero-order chi connectivity index (χ0) is 21.8. The molecule has 1 saturated carbocycles. The van der Waals surface area contributed by atoms with Gasteiger partial charge in [0.05, 0.1) is 0 Å². The molecule has 2 N–H and O–H groups in total. The second-order valence-corrected chi connectivity index (χ2v) is 8.76. The lowest BCUT2D eigenvalue weighted by atomic mass is 10.0. The standard InChI is InChI=1S/C30H29NO/c1-22-6-8-23(9-7-22)24-10-16-27(17-11-24)31-28-18-12-25(13-19-28)26-14-20-30(21-15-26)32-29-4-2-3-5-29/h6-21,29,31H,2-5H2,1H3/p+1. The van der Waals surface area contributed by atoms with Crippen LogP contribution in [0.1, 0.15) is 31.2 Å². The Morgan fingerprint density at radius 1 is 0.562 bits per heavy atom. The molecule has 0 radical (unpaired) electrons. The van der Waals surface area contributed by atoms with Crippen molar-refractivity contribution in [2.75, 3.05) is 5.32 Å². The van der Waals surface area contributed by atoms with Gasteiger partial charge in [0.2, 0.25) is 0 Å². The number of nitrogens with one attached hydrogen (secondary N) is 1. The second-order valence-electron chi connectivity index (χ2n) is 8.76. The van der Waals surface area contributed by atoms with E-state index >= 15 is 0 Å². The quantitative estimate of drug-likeness (QED) is 0.312. The van der Waals surface area contributed by atoms with E-state index in [0.29, 0.717) is 6.10 Å². The molecule has 1 aliphatic rings. The van der Waals surface area contributed by atoms with E-state index in [1.54, 1.807) is 0 Å². The monoisotopic (exact) mass is 420 g/mol. The van der Waals surface area contributed by atoms with Crippen molar-refractivity contribution in [3.63, 3.8) is 0 Å². The summed E-state index contributed by atoms with van der Waals surface area (Å²) in [6, 6.07) is 34.5. The van der Waals surface area contributed by atoms with Gasteiger partial charge in [-0.15, -0.1) is 0 Å². The number of rotatable bonds is 6. The average molecular weight is 421 g/mol. The van der Waals surface area contributed by atoms with Crippen molar-refractivity contribution in [2.24, 2.45) is 0 Å². The fraction of sp³-hybridized carbons (Fsp3) is 0.200. The van der Waals surface area contributed by atoms with E-state index < -0.39 is 0 Å². The van der Waals surface area contributed by atoms with Crippen molar-refractivity contribution in [3.8, 4) is 28.0 Å². The lowest BCUT2D eigenvalue weighted by molar-refractivity contribution is -0.00888. The number of ether oxygens (including phenoxy) is 1. The van der Waals surface area contributed by atoms with Gasteiger partial charge >= 0.3 is 0 Å². The van der Waals surface area contributed by atoms with Gasteiger partial charge in [-0.2, -0.15) is 0 Å². The Morgan fingerprint density at radius 3 is 1.44 bits per heavy atom. The molecule has 32 heavy (non-hydrogen) atoms. The van der Waals surface area contributed by atoms with E-state index in [1.165, 1.54) is 53.5 Å². The number of hydrogen-bond donors (Lipinski definition) is 1. The summed E-state index contributed by atoms with van der Waals surface area (Å²) in [7, 11) is 0. The number of anilines is 2. The average Bonchev–Trinajstić information content (AvgIpc) is 3.34. The highest BCUT2D eigenvalue weighted by atomic mass is 16.5. The van der Waals surface area contributed by atoms with Gasteiger partial charge in [0, 0.05) is 36.3 Å². The summed E-state index contributed by atoms with van der Waals surface area (Å²) < 4.78 is 4.87. The molecule has 0 spiro atoms. The van der Waals surface area contributed by atoms with Crippen molar-refractivity contribution < 1.29 is 4.74 Å². The minimum atomic E-state index is 0.525. The highest BCUT2D eigenvalue weighted by molar-refractivity contribution is 5.71. The van der Waals surface area contributed by atoms with Crippen LogP contribution in [0.4, 0.5) is 11.4 Å². The maximum Gasteiger partial charge on any atom is 0.254 e. The predicted octanol–water partition coefficient (Wildman–Crippen LogP) is 8.26. The first-order chi connectivity index (χ1) is 15.7. The summed E-state index contributed by atoms with van der Waals surface area (Å²) in [5.41, 5.74) is 8.38. The molecule has 160 valence electrons. The van der Waals surface area contributed by atoms with Gasteiger partial charge in [-0.25, -0.2) is 0 Å². The number of hydrogen-bond acceptors (Lipinski definition) is 1. The lowest BCUT2D eigenvalue weighted by Gasteiger charge is -2.11. The first kappa shape index (κ1) is 20.4. The van der Waals surface area contributed by atoms with E-state index in [-0.39, 0.29) is 0 Å². The smallest absolute Gasteiger partial charge is 0.254 e. The Bertz CT molecular complexity index is 1140. The minimum absolute atomic E-state index is 0.525. The Kier molecular flexibility index (Phi) is 5.93. The zero-order valence-electron chi connectivity index (χ0n) is 18.6. The van der Waals surface area contributed by atoms with Crippen LogP contribution in [0, 0.1) is 6.92 Å². The SMILES string of the molecule is Cc1ccc(-c2ccc(Nc3ccc(-c4ccc([OH+]C5CCCC5)cc4)cc3)cc2)cc1. The molecule has 0 amide bonds. The molecule has 0 heterocycles. The molecule has 2 heteroatoms. The second kappa shape index (κ2) is 9.32. The first-order valence-electron chi connectivity index (χ1n) is 11.6. The van der Waals surface area contributed by atoms with Crippen LogP contribution in [0.25, 0.3) is 22.3 Å². The summed E-state index contributed by atoms with van der Waals surface area (Å²) >= 11 is 0. The van der Waals surface area contributed by atoms with Gasteiger partial charge in [0.1, 0.15) is 0 Å². The number of aryl methyl sites for hydroxylation is 1. The van der Waals surface area contributed by atoms with Crippen molar-refractivity contribution in [2.45, 2.75) is 38.7 Å². The zero-order valence-corrected chi connectivity index (χ0v) is 18.6. The summed E-state index contributed by atoms with van der Waals surface area (Å²) in [5, 5.41) is 3.50. The van der Waals surface area contributed by atoms with Crippen LogP contribution in [-0.2, 0) is 0 Å². The largest absolute Gasteiger partial charge is 0.581 e. The van der Waals surface area contributed by atoms with E-state index in [9.17, 15) is 0 Å². The molecule has 0 atom stereocenters. The van der Waals surface area contributed by atoms with Crippen molar-refractivity contribution >= 4 is 11.4 Å². The van der Waals surface area contributed by atoms with Crippen LogP contribution in [0.5, 0.6) is 5.75 Å². The van der Waals surface area contributed by atoms with E-state index in [1.807, 2.05) is 0 Å². The molecule has 0 saturated heterocycles. The van der Waals surface area contributed by atoms with Crippen molar-refractivity contribution in [1.29, 1.82) is 0 Å². The van der Waals surface area contributed by atoms with Crippen molar-refractivity contribution in [3.05, 3.63) is 103 Å². The summed E-state index contributed by atoms with van der Waals surface area (Å²) in [6.45, 7) is 2.12. The van der Waals surface area contributed by atoms with E-state index in [2.05, 4.69) is 109 Å². The third-order valence-corrected chi connectivity index (χ3v) is 6.30. The Labute approximate surface area is 190 Å². The van der Waals surface area contributed by atoms with Gasteiger partial charge in [-0.3, -0.25) is 0 Å². The van der Waals surface area contributed by atoms with Gasteiger partial charge in [-0.05, 0) is 78.4 Å². The lowest BCUT2D eigenvalue weighted by Crippen LogP contribution is -2.07. The van der Waals surface area contributed by atoms with Crippen molar-refractivity contribution in [1.82, 2.24) is 0 Å². The molecule has 0 aromatic heterocycles. The maximum absolute atomic E-state index is 4.87. The molecule has 0 unspecified atom stereocenters. The summed E-state index contributed by atoms with van der Waals surface area (Å²) in [4.78, 5) is 0. The molecular weight excluding hydrogens is 390 g/mol. The van der Waals surface area contributed by atoms with Gasteiger partial charge in [0.25, 0.3) is 5.75 Å². The summed E-state index contributed by atoms with van der Waals surface area (Å²) in [5.74, 6) is 1.10. The fourth-order valence-electron chi connectivity index (χ4n) is 4.39. The molecule has 5 rings (SSSR count). The first-order valence-corrected chi connectivity index (χ1v) is 11.6. The van der Waals surface area contributed by atoms with E-state index in [4.69, 9.17) is 4.74 Å². The summed E-state index contributed by atoms with van der Waals surface area (Å²) in [6.07, 6.45) is 5.65. The number of aliphatic hydroxyl groups is 1. The maximum atomic E-state index is 4.87. The molecular formula is C30H30NO+. The van der Waals surface area contributed by atoms with E-state index in [0.717, 1.165) is 17.1 Å². The Hall–Kier alpha value is -3.52. The van der Waals surface area contributed by atoms with Crippen LogP contribution in [-0.4, -0.2) is 10.8 Å². The highest BCUT2D eigenvalue weighted by Crippen LogP contribution is 2.29. The highest BCUT2D eigenvalue weighted by Gasteiger charge is 2.20. The van der Waals surface area contributed by atoms with Gasteiger partial charge in [-0.1, -0.05) is 54.1 Å². The predicted molar refractivity (Wildman–Crippen MR) is 136 cm³/mol. The molecule has 1 aliphatic carbocycles. The third-order valence-electron chi connectivity index (χ3n) is 6.30. The Morgan fingerprint density at radius 2 is 0.969 bits per heavy atom. The van der Waals surface area contributed by atoms with Gasteiger partial charge < -0.3 is 10.1 Å². The number of benzene rings is 4. The molecule has 4 aromatic carbocycles.